The van der Waals surface area contributed by atoms with Crippen LogP contribution < -0.4 is 5.32 Å². The number of anilines is 1. The van der Waals surface area contributed by atoms with Crippen molar-refractivity contribution in [2.24, 2.45) is 5.41 Å². The summed E-state index contributed by atoms with van der Waals surface area (Å²) in [7, 11) is 0. The highest BCUT2D eigenvalue weighted by Gasteiger charge is 2.26. The summed E-state index contributed by atoms with van der Waals surface area (Å²) in [5, 5.41) is 3.53. The number of hydrogen-bond acceptors (Lipinski definition) is 2. The Balaban J connectivity index is 1.88. The van der Waals surface area contributed by atoms with Gasteiger partial charge in [0.2, 0.25) is 0 Å². The molecule has 2 heteroatoms. The molecule has 1 aliphatic heterocycles. The molecule has 1 aromatic rings. The van der Waals surface area contributed by atoms with Gasteiger partial charge in [-0.1, -0.05) is 24.6 Å². The first kappa shape index (κ1) is 11.5. The van der Waals surface area contributed by atoms with E-state index in [0.717, 1.165) is 32.6 Å². The van der Waals surface area contributed by atoms with E-state index < -0.39 is 0 Å². The smallest absolute Gasteiger partial charge is 0.0471 e. The lowest BCUT2D eigenvalue weighted by molar-refractivity contribution is 0.0300. The first-order chi connectivity index (χ1) is 7.68. The summed E-state index contributed by atoms with van der Waals surface area (Å²) in [5.41, 5.74) is 2.92. The lowest BCUT2D eigenvalue weighted by Crippen LogP contribution is -2.33. The van der Waals surface area contributed by atoms with E-state index in [9.17, 15) is 0 Å². The fraction of sp³-hybridized carbons (Fsp3) is 0.571. The number of hydrogen-bond donors (Lipinski definition) is 1. The Kier molecular flexibility index (Phi) is 3.49. The third-order valence-electron chi connectivity index (χ3n) is 3.47. The number of ether oxygens (including phenoxy) is 1. The summed E-state index contributed by atoms with van der Waals surface area (Å²) in [4.78, 5) is 0. The summed E-state index contributed by atoms with van der Waals surface area (Å²) in [6.07, 6.45) is 2.32. The molecule has 1 aliphatic rings. The van der Waals surface area contributed by atoms with Crippen LogP contribution in [0.2, 0.25) is 0 Å². The number of nitrogens with one attached hydrogen (secondary N) is 1. The van der Waals surface area contributed by atoms with Crippen molar-refractivity contribution < 1.29 is 4.74 Å². The Morgan fingerprint density at radius 3 is 2.44 bits per heavy atom. The first-order valence-electron chi connectivity index (χ1n) is 6.06. The highest BCUT2D eigenvalue weighted by atomic mass is 16.5. The molecule has 88 valence electrons. The predicted molar refractivity (Wildman–Crippen MR) is 67.8 cm³/mol. The topological polar surface area (TPSA) is 21.3 Å². The van der Waals surface area contributed by atoms with Crippen molar-refractivity contribution in [3.05, 3.63) is 29.8 Å². The second-order valence-electron chi connectivity index (χ2n) is 5.14. The molecule has 1 heterocycles. The Labute approximate surface area is 98.0 Å². The second kappa shape index (κ2) is 4.88. The van der Waals surface area contributed by atoms with Crippen molar-refractivity contribution in [2.75, 3.05) is 25.1 Å². The molecule has 1 fully saturated rings. The van der Waals surface area contributed by atoms with Crippen LogP contribution in [-0.4, -0.2) is 19.8 Å². The Hall–Kier alpha value is -1.02. The first-order valence-corrected chi connectivity index (χ1v) is 6.06. The monoisotopic (exact) mass is 219 g/mol. The molecule has 0 amide bonds. The molecule has 0 unspecified atom stereocenters. The van der Waals surface area contributed by atoms with Crippen molar-refractivity contribution in [3.8, 4) is 0 Å². The third-order valence-corrected chi connectivity index (χ3v) is 3.47. The van der Waals surface area contributed by atoms with Gasteiger partial charge in [0.05, 0.1) is 0 Å². The molecule has 0 spiro atoms. The van der Waals surface area contributed by atoms with Crippen LogP contribution in [0.1, 0.15) is 25.3 Å². The fourth-order valence-corrected chi connectivity index (χ4v) is 2.03. The largest absolute Gasteiger partial charge is 0.384 e. The zero-order chi connectivity index (χ0) is 11.4. The maximum absolute atomic E-state index is 5.40. The van der Waals surface area contributed by atoms with Gasteiger partial charge >= 0.3 is 0 Å². The SMILES string of the molecule is Cc1ccc(NCC2(C)CCOCC2)cc1. The average Bonchev–Trinajstić information content (AvgIpc) is 2.29. The Morgan fingerprint density at radius 2 is 1.81 bits per heavy atom. The molecule has 0 bridgehead atoms. The zero-order valence-corrected chi connectivity index (χ0v) is 10.3. The van der Waals surface area contributed by atoms with Gasteiger partial charge in [-0.15, -0.1) is 0 Å². The molecule has 1 aromatic carbocycles. The van der Waals surface area contributed by atoms with E-state index in [2.05, 4.69) is 43.4 Å². The van der Waals surface area contributed by atoms with Gasteiger partial charge < -0.3 is 10.1 Å². The van der Waals surface area contributed by atoms with Crippen LogP contribution in [0.15, 0.2) is 24.3 Å². The van der Waals surface area contributed by atoms with Crippen molar-refractivity contribution in [1.29, 1.82) is 0 Å². The standard InChI is InChI=1S/C14H21NO/c1-12-3-5-13(6-4-12)15-11-14(2)7-9-16-10-8-14/h3-6,15H,7-11H2,1-2H3. The third kappa shape index (κ3) is 2.99. The number of benzene rings is 1. The van der Waals surface area contributed by atoms with Gasteiger partial charge in [-0.2, -0.15) is 0 Å². The lowest BCUT2D eigenvalue weighted by Gasteiger charge is -2.33. The molecule has 0 aliphatic carbocycles. The highest BCUT2D eigenvalue weighted by Crippen LogP contribution is 2.29. The zero-order valence-electron chi connectivity index (χ0n) is 10.3. The van der Waals surface area contributed by atoms with Gasteiger partial charge in [-0.05, 0) is 37.3 Å². The maximum Gasteiger partial charge on any atom is 0.0471 e. The van der Waals surface area contributed by atoms with Crippen LogP contribution in [0.3, 0.4) is 0 Å². The van der Waals surface area contributed by atoms with Crippen molar-refractivity contribution in [2.45, 2.75) is 26.7 Å². The van der Waals surface area contributed by atoms with Crippen LogP contribution in [0.4, 0.5) is 5.69 Å². The Morgan fingerprint density at radius 1 is 1.19 bits per heavy atom. The molecule has 1 saturated heterocycles. The average molecular weight is 219 g/mol. The van der Waals surface area contributed by atoms with Crippen LogP contribution in [0.25, 0.3) is 0 Å². The van der Waals surface area contributed by atoms with Crippen molar-refractivity contribution in [3.63, 3.8) is 0 Å². The summed E-state index contributed by atoms with van der Waals surface area (Å²) in [5.74, 6) is 0. The minimum Gasteiger partial charge on any atom is -0.384 e. The maximum atomic E-state index is 5.40. The number of aryl methyl sites for hydroxylation is 1. The van der Waals surface area contributed by atoms with E-state index >= 15 is 0 Å². The molecule has 0 radical (unpaired) electrons. The quantitative estimate of drug-likeness (QED) is 0.842. The Bertz CT molecular complexity index is 325. The normalized spacial score (nSPS) is 19.4. The summed E-state index contributed by atoms with van der Waals surface area (Å²) >= 11 is 0. The molecular formula is C14H21NO. The molecule has 2 rings (SSSR count). The van der Waals surface area contributed by atoms with Crippen molar-refractivity contribution in [1.82, 2.24) is 0 Å². The molecule has 16 heavy (non-hydrogen) atoms. The molecule has 0 saturated carbocycles. The van der Waals surface area contributed by atoms with Crippen molar-refractivity contribution >= 4 is 5.69 Å². The summed E-state index contributed by atoms with van der Waals surface area (Å²) < 4.78 is 5.40. The van der Waals surface area contributed by atoms with Gasteiger partial charge in [0.15, 0.2) is 0 Å². The van der Waals surface area contributed by atoms with Gasteiger partial charge in [-0.3, -0.25) is 0 Å². The van der Waals surface area contributed by atoms with Crippen LogP contribution in [0, 0.1) is 12.3 Å². The minimum absolute atomic E-state index is 0.392. The fourth-order valence-electron chi connectivity index (χ4n) is 2.03. The van der Waals surface area contributed by atoms with Gasteiger partial charge in [-0.25, -0.2) is 0 Å². The molecule has 2 nitrogen and oxygen atoms in total. The second-order valence-corrected chi connectivity index (χ2v) is 5.14. The summed E-state index contributed by atoms with van der Waals surface area (Å²) in [6, 6.07) is 8.60. The van der Waals surface area contributed by atoms with E-state index in [-0.39, 0.29) is 0 Å². The molecule has 1 N–H and O–H groups in total. The van der Waals surface area contributed by atoms with E-state index in [1.54, 1.807) is 0 Å². The van der Waals surface area contributed by atoms with E-state index in [4.69, 9.17) is 4.74 Å². The van der Waals surface area contributed by atoms with Gasteiger partial charge in [0.25, 0.3) is 0 Å². The van der Waals surface area contributed by atoms with Crippen LogP contribution in [-0.2, 0) is 4.74 Å². The summed E-state index contributed by atoms with van der Waals surface area (Å²) in [6.45, 7) is 7.32. The van der Waals surface area contributed by atoms with E-state index in [1.165, 1.54) is 11.3 Å². The molecular weight excluding hydrogens is 198 g/mol. The van der Waals surface area contributed by atoms with Crippen LogP contribution in [0.5, 0.6) is 0 Å². The minimum atomic E-state index is 0.392. The predicted octanol–water partition coefficient (Wildman–Crippen LogP) is 3.22. The molecule has 0 aromatic heterocycles. The van der Waals surface area contributed by atoms with E-state index in [0.29, 0.717) is 5.41 Å². The van der Waals surface area contributed by atoms with Crippen LogP contribution >= 0.6 is 0 Å². The lowest BCUT2D eigenvalue weighted by atomic mass is 9.82. The van der Waals surface area contributed by atoms with Gasteiger partial charge in [0, 0.05) is 25.4 Å². The number of rotatable bonds is 3. The van der Waals surface area contributed by atoms with Gasteiger partial charge in [0.1, 0.15) is 0 Å². The highest BCUT2D eigenvalue weighted by molar-refractivity contribution is 5.44. The van der Waals surface area contributed by atoms with E-state index in [1.807, 2.05) is 0 Å². The molecule has 0 atom stereocenters.